The Morgan fingerprint density at radius 2 is 1.76 bits per heavy atom. The molecule has 7 nitrogen and oxygen atoms in total. The molecule has 0 saturated heterocycles. The molecule has 0 unspecified atom stereocenters. The molecule has 0 radical (unpaired) electrons. The van der Waals surface area contributed by atoms with Gasteiger partial charge in [0.1, 0.15) is 12.4 Å². The highest BCUT2D eigenvalue weighted by molar-refractivity contribution is 5.97. The summed E-state index contributed by atoms with van der Waals surface area (Å²) in [5.74, 6) is 0.208. The number of fused-ring (bicyclic) bond motifs is 1. The second-order valence-corrected chi connectivity index (χ2v) is 7.45. The summed E-state index contributed by atoms with van der Waals surface area (Å²) in [5, 5.41) is 17.4. The summed E-state index contributed by atoms with van der Waals surface area (Å²) in [7, 11) is 0. The highest BCUT2D eigenvalue weighted by Crippen LogP contribution is 2.21. The van der Waals surface area contributed by atoms with Gasteiger partial charge in [0.15, 0.2) is 0 Å². The van der Waals surface area contributed by atoms with Gasteiger partial charge in [-0.05, 0) is 65.2 Å². The number of nitrogens with zero attached hydrogens (tertiary/aromatic N) is 2. The molecule has 7 heteroatoms. The molecule has 0 bridgehead atoms. The molecule has 0 aliphatic rings. The molecule has 33 heavy (non-hydrogen) atoms. The molecule has 1 amide bonds. The minimum atomic E-state index is -0.515. The number of carbonyl (C=O) groups is 1. The second-order valence-electron chi connectivity index (χ2n) is 7.45. The van der Waals surface area contributed by atoms with E-state index in [4.69, 9.17) is 4.74 Å². The molecule has 4 aromatic carbocycles. The number of rotatable bonds is 7. The molecule has 164 valence electrons. The highest BCUT2D eigenvalue weighted by Gasteiger charge is 2.17. The predicted octanol–water partition coefficient (Wildman–Crippen LogP) is 5.40. The van der Waals surface area contributed by atoms with Crippen LogP contribution >= 0.6 is 0 Å². The maximum Gasteiger partial charge on any atom is 0.273 e. The van der Waals surface area contributed by atoms with E-state index >= 15 is 0 Å². The minimum absolute atomic E-state index is 0.106. The van der Waals surface area contributed by atoms with Gasteiger partial charge in [-0.1, -0.05) is 42.5 Å². The third-order valence-electron chi connectivity index (χ3n) is 5.23. The molecule has 0 saturated carbocycles. The lowest BCUT2D eigenvalue weighted by atomic mass is 10.1. The van der Waals surface area contributed by atoms with Crippen molar-refractivity contribution in [2.75, 3.05) is 0 Å². The zero-order chi connectivity index (χ0) is 23.2. The van der Waals surface area contributed by atoms with Crippen LogP contribution in [0.3, 0.4) is 0 Å². The molecule has 4 aromatic rings. The van der Waals surface area contributed by atoms with Crippen LogP contribution in [0.2, 0.25) is 0 Å². The lowest BCUT2D eigenvalue weighted by molar-refractivity contribution is -0.385. The van der Waals surface area contributed by atoms with Crippen LogP contribution in [0, 0.1) is 17.0 Å². The maximum absolute atomic E-state index is 12.3. The maximum atomic E-state index is 12.3. The number of nitro groups is 1. The fraction of sp³-hybridized carbons (Fsp3) is 0.0769. The summed E-state index contributed by atoms with van der Waals surface area (Å²) in [6.45, 7) is 1.99. The first-order valence-electron chi connectivity index (χ1n) is 10.3. The molecular formula is C26H21N3O4. The first-order chi connectivity index (χ1) is 16.0. The molecule has 1 N–H and O–H groups in total. The summed E-state index contributed by atoms with van der Waals surface area (Å²) in [4.78, 5) is 22.8. The number of ether oxygens (including phenoxy) is 1. The summed E-state index contributed by atoms with van der Waals surface area (Å²) < 4.78 is 5.87. The van der Waals surface area contributed by atoms with Crippen LogP contribution in [0.5, 0.6) is 5.75 Å². The van der Waals surface area contributed by atoms with E-state index in [9.17, 15) is 14.9 Å². The van der Waals surface area contributed by atoms with Crippen molar-refractivity contribution in [1.82, 2.24) is 5.43 Å². The average Bonchev–Trinajstić information content (AvgIpc) is 2.83. The summed E-state index contributed by atoms with van der Waals surface area (Å²) in [6, 6.07) is 26.1. The van der Waals surface area contributed by atoms with Gasteiger partial charge in [-0.3, -0.25) is 14.9 Å². The van der Waals surface area contributed by atoms with Gasteiger partial charge in [-0.25, -0.2) is 5.43 Å². The summed E-state index contributed by atoms with van der Waals surface area (Å²) in [6.07, 6.45) is 1.50. The van der Waals surface area contributed by atoms with Gasteiger partial charge in [0.05, 0.1) is 16.7 Å². The first-order valence-corrected chi connectivity index (χ1v) is 10.3. The summed E-state index contributed by atoms with van der Waals surface area (Å²) in [5.41, 5.74) is 4.65. The van der Waals surface area contributed by atoms with Crippen molar-refractivity contribution in [3.63, 3.8) is 0 Å². The molecule has 0 aliphatic heterocycles. The second kappa shape index (κ2) is 9.74. The van der Waals surface area contributed by atoms with Crippen LogP contribution in [-0.4, -0.2) is 17.0 Å². The number of carbonyl (C=O) groups excluding carboxylic acids is 1. The van der Waals surface area contributed by atoms with Crippen molar-refractivity contribution >= 4 is 28.6 Å². The Morgan fingerprint density at radius 1 is 1.00 bits per heavy atom. The predicted molar refractivity (Wildman–Crippen MR) is 128 cm³/mol. The van der Waals surface area contributed by atoms with Gasteiger partial charge in [-0.15, -0.1) is 0 Å². The Kier molecular flexibility index (Phi) is 6.40. The zero-order valence-corrected chi connectivity index (χ0v) is 17.9. The first kappa shape index (κ1) is 21.7. The quantitative estimate of drug-likeness (QED) is 0.237. The molecule has 0 heterocycles. The van der Waals surface area contributed by atoms with E-state index in [1.165, 1.54) is 42.1 Å². The van der Waals surface area contributed by atoms with E-state index in [-0.39, 0.29) is 11.3 Å². The normalized spacial score (nSPS) is 10.9. The van der Waals surface area contributed by atoms with Gasteiger partial charge in [0.2, 0.25) is 0 Å². The van der Waals surface area contributed by atoms with Crippen LogP contribution < -0.4 is 10.2 Å². The molecule has 0 atom stereocenters. The topological polar surface area (TPSA) is 93.8 Å². The fourth-order valence-corrected chi connectivity index (χ4v) is 3.44. The van der Waals surface area contributed by atoms with Crippen LogP contribution in [0.4, 0.5) is 5.69 Å². The molecule has 4 rings (SSSR count). The van der Waals surface area contributed by atoms with Crippen LogP contribution in [0.25, 0.3) is 10.8 Å². The Morgan fingerprint density at radius 3 is 2.52 bits per heavy atom. The van der Waals surface area contributed by atoms with Gasteiger partial charge >= 0.3 is 0 Å². The van der Waals surface area contributed by atoms with Crippen LogP contribution in [0.15, 0.2) is 90.0 Å². The van der Waals surface area contributed by atoms with E-state index in [0.29, 0.717) is 12.2 Å². The van der Waals surface area contributed by atoms with Gasteiger partial charge in [0, 0.05) is 11.6 Å². The lowest BCUT2D eigenvalue weighted by Gasteiger charge is -2.08. The van der Waals surface area contributed by atoms with Crippen molar-refractivity contribution in [3.8, 4) is 5.75 Å². The third-order valence-corrected chi connectivity index (χ3v) is 5.23. The van der Waals surface area contributed by atoms with E-state index in [2.05, 4.69) is 40.9 Å². The summed E-state index contributed by atoms with van der Waals surface area (Å²) >= 11 is 0. The lowest BCUT2D eigenvalue weighted by Crippen LogP contribution is -2.19. The molecule has 0 spiro atoms. The Labute approximate surface area is 190 Å². The smallest absolute Gasteiger partial charge is 0.273 e. The third kappa shape index (κ3) is 5.22. The van der Waals surface area contributed by atoms with Crippen molar-refractivity contribution < 1.29 is 14.5 Å². The number of hydrogen-bond donors (Lipinski definition) is 1. The van der Waals surface area contributed by atoms with E-state index in [1.54, 1.807) is 0 Å². The number of benzene rings is 4. The molecule has 0 fully saturated rings. The van der Waals surface area contributed by atoms with Crippen molar-refractivity contribution in [2.24, 2.45) is 5.10 Å². The molecular weight excluding hydrogens is 418 g/mol. The molecule has 0 aliphatic carbocycles. The van der Waals surface area contributed by atoms with Crippen molar-refractivity contribution in [1.29, 1.82) is 0 Å². The average molecular weight is 439 g/mol. The van der Waals surface area contributed by atoms with Crippen LogP contribution in [-0.2, 0) is 6.61 Å². The number of hydrazone groups is 1. The SMILES string of the molecule is Cc1c(C(=O)N/N=C\c2ccc(OCc3ccc4ccccc4c3)cc2)cccc1[N+](=O)[O-]. The monoisotopic (exact) mass is 439 g/mol. The van der Waals surface area contributed by atoms with Crippen molar-refractivity contribution in [3.05, 3.63) is 117 Å². The number of nitro benzene ring substituents is 1. The Hall–Kier alpha value is -4.52. The van der Waals surface area contributed by atoms with Crippen LogP contribution in [0.1, 0.15) is 27.0 Å². The largest absolute Gasteiger partial charge is 0.489 e. The van der Waals surface area contributed by atoms with E-state index < -0.39 is 10.8 Å². The van der Waals surface area contributed by atoms with E-state index in [1.807, 2.05) is 36.4 Å². The van der Waals surface area contributed by atoms with Gasteiger partial charge in [0.25, 0.3) is 11.6 Å². The number of nitrogens with one attached hydrogen (secondary N) is 1. The van der Waals surface area contributed by atoms with Crippen molar-refractivity contribution in [2.45, 2.75) is 13.5 Å². The zero-order valence-electron chi connectivity index (χ0n) is 17.9. The Balaban J connectivity index is 1.34. The fourth-order valence-electron chi connectivity index (χ4n) is 3.44. The molecule has 0 aromatic heterocycles. The standard InChI is InChI=1S/C26H21N3O4/c1-18-24(7-4-8-25(18)29(31)32)26(30)28-27-16-19-10-13-23(14-11-19)33-17-20-9-12-21-5-2-3-6-22(21)15-20/h2-16H,17H2,1H3,(H,28,30)/b27-16-. The van der Waals surface area contributed by atoms with Gasteiger partial charge in [-0.2, -0.15) is 5.10 Å². The number of hydrogen-bond acceptors (Lipinski definition) is 5. The number of amides is 1. The Bertz CT molecular complexity index is 1350. The van der Waals surface area contributed by atoms with E-state index in [0.717, 1.165) is 16.9 Å². The highest BCUT2D eigenvalue weighted by atomic mass is 16.6. The minimum Gasteiger partial charge on any atom is -0.489 e. The van der Waals surface area contributed by atoms with Gasteiger partial charge < -0.3 is 4.74 Å².